The number of ketones is 1. The van der Waals surface area contributed by atoms with E-state index >= 15 is 0 Å². The molecule has 3 aliphatic rings. The summed E-state index contributed by atoms with van der Waals surface area (Å²) in [7, 11) is -7.90. The number of benzene rings is 1. The molecular formula is C22H22ClFN4O6S3. The highest BCUT2D eigenvalue weighted by Crippen LogP contribution is 2.42. The van der Waals surface area contributed by atoms with Crippen LogP contribution in [-0.4, -0.2) is 51.6 Å². The smallest absolute Gasteiger partial charge is 0.287 e. The van der Waals surface area contributed by atoms with Crippen molar-refractivity contribution in [2.45, 2.75) is 43.3 Å². The van der Waals surface area contributed by atoms with Gasteiger partial charge in [0.25, 0.3) is 10.0 Å². The molecule has 1 saturated heterocycles. The van der Waals surface area contributed by atoms with Crippen molar-refractivity contribution >= 4 is 65.5 Å². The Morgan fingerprint density at radius 1 is 1.30 bits per heavy atom. The lowest BCUT2D eigenvalue weighted by atomic mass is 9.81. The van der Waals surface area contributed by atoms with Gasteiger partial charge in [0.2, 0.25) is 15.9 Å². The second-order valence-electron chi connectivity index (χ2n) is 9.24. The summed E-state index contributed by atoms with van der Waals surface area (Å²) < 4.78 is 68.9. The molecule has 10 nitrogen and oxygen atoms in total. The predicted octanol–water partition coefficient (Wildman–Crippen LogP) is 2.50. The molecule has 37 heavy (non-hydrogen) atoms. The van der Waals surface area contributed by atoms with E-state index in [0.717, 1.165) is 24.0 Å². The predicted molar refractivity (Wildman–Crippen MR) is 136 cm³/mol. The van der Waals surface area contributed by atoms with E-state index in [1.165, 1.54) is 28.5 Å². The van der Waals surface area contributed by atoms with Crippen molar-refractivity contribution in [3.63, 3.8) is 0 Å². The van der Waals surface area contributed by atoms with Crippen LogP contribution in [0, 0.1) is 17.7 Å². The molecule has 1 aromatic heterocycles. The SMILES string of the molecule is CS(=O)(=O)NCc1csc2c1S(=O)(=O)N=C(C1C(=O)C3CCCC3N(Cc3ccc(F)c(Cl)c3)C1=O)N2. The average Bonchev–Trinajstić information content (AvgIpc) is 3.45. The molecule has 2 N–H and O–H groups in total. The Morgan fingerprint density at radius 3 is 2.76 bits per heavy atom. The van der Waals surface area contributed by atoms with Crippen LogP contribution in [0.25, 0.3) is 0 Å². The lowest BCUT2D eigenvalue weighted by Gasteiger charge is -2.41. The van der Waals surface area contributed by atoms with Crippen molar-refractivity contribution < 1.29 is 30.8 Å². The first-order valence-corrected chi connectivity index (χ1v) is 15.9. The maximum atomic E-state index is 13.7. The van der Waals surface area contributed by atoms with E-state index in [4.69, 9.17) is 11.6 Å². The Bertz CT molecular complexity index is 1560. The van der Waals surface area contributed by atoms with Crippen LogP contribution in [0.15, 0.2) is 32.9 Å². The van der Waals surface area contributed by atoms with Crippen molar-refractivity contribution in [3.8, 4) is 0 Å². The third-order valence-corrected chi connectivity index (χ3v) is 10.2. The number of rotatable bonds is 6. The fourth-order valence-electron chi connectivity index (χ4n) is 5.11. The summed E-state index contributed by atoms with van der Waals surface area (Å²) in [5, 5.41) is 4.40. The number of Topliss-reactive ketones (excluding diaryl/α,β-unsaturated/α-hetero) is 1. The standard InChI is InChI=1S/C22H22ClFN4O6S3/c1-36(31,32)25-8-12-10-35-21-19(12)37(33,34)27-20(26-21)17-18(29)13-3-2-4-16(13)28(22(17)30)9-11-5-6-15(24)14(23)7-11/h5-7,10,13,16-17,25H,2-4,8-9H2,1H3,(H,26,27). The lowest BCUT2D eigenvalue weighted by molar-refractivity contribution is -0.149. The first-order chi connectivity index (χ1) is 17.4. The number of thiophene rings is 1. The van der Waals surface area contributed by atoms with Gasteiger partial charge in [-0.3, -0.25) is 9.59 Å². The highest BCUT2D eigenvalue weighted by Gasteiger charge is 2.52. The third kappa shape index (κ3) is 4.92. The van der Waals surface area contributed by atoms with E-state index in [0.29, 0.717) is 18.4 Å². The number of piperidine rings is 1. The number of anilines is 1. The van der Waals surface area contributed by atoms with Gasteiger partial charge in [0, 0.05) is 30.6 Å². The molecule has 0 radical (unpaired) electrons. The molecule has 15 heteroatoms. The van der Waals surface area contributed by atoms with Crippen LogP contribution in [0.4, 0.5) is 9.39 Å². The average molecular weight is 589 g/mol. The number of nitrogens with zero attached hydrogens (tertiary/aromatic N) is 2. The van der Waals surface area contributed by atoms with Gasteiger partial charge in [0.05, 0.1) is 11.3 Å². The summed E-state index contributed by atoms with van der Waals surface area (Å²) in [6.07, 6.45) is 2.86. The number of amides is 1. The molecule has 0 spiro atoms. The molecule has 3 unspecified atom stereocenters. The van der Waals surface area contributed by atoms with Crippen molar-refractivity contribution in [2.24, 2.45) is 16.2 Å². The number of amidine groups is 1. The van der Waals surface area contributed by atoms with Gasteiger partial charge in [0.15, 0.2) is 11.7 Å². The number of nitrogens with one attached hydrogen (secondary N) is 2. The molecule has 2 fully saturated rings. The second-order valence-corrected chi connectivity index (χ2v) is 13.9. The highest BCUT2D eigenvalue weighted by molar-refractivity contribution is 7.91. The van der Waals surface area contributed by atoms with Crippen LogP contribution in [0.2, 0.25) is 5.02 Å². The second kappa shape index (κ2) is 9.42. The van der Waals surface area contributed by atoms with E-state index < -0.39 is 43.6 Å². The van der Waals surface area contributed by atoms with Gasteiger partial charge in [-0.2, -0.15) is 8.42 Å². The van der Waals surface area contributed by atoms with Gasteiger partial charge in [-0.1, -0.05) is 24.1 Å². The fraction of sp³-hybridized carbons (Fsp3) is 0.409. The fourth-order valence-corrected chi connectivity index (χ4v) is 8.38. The first kappa shape index (κ1) is 26.2. The van der Waals surface area contributed by atoms with Gasteiger partial charge in [0.1, 0.15) is 21.5 Å². The molecule has 2 aromatic rings. The number of carbonyl (C=O) groups is 2. The molecule has 3 atom stereocenters. The molecule has 3 heterocycles. The summed E-state index contributed by atoms with van der Waals surface area (Å²) in [6, 6.07) is 3.78. The van der Waals surface area contributed by atoms with E-state index in [2.05, 4.69) is 14.4 Å². The largest absolute Gasteiger partial charge is 0.334 e. The van der Waals surface area contributed by atoms with Crippen LogP contribution in [0.3, 0.4) is 0 Å². The summed E-state index contributed by atoms with van der Waals surface area (Å²) in [4.78, 5) is 28.5. The van der Waals surface area contributed by atoms with Crippen LogP contribution in [0.5, 0.6) is 0 Å². The molecule has 2 aliphatic heterocycles. The minimum absolute atomic E-state index is 0.0787. The van der Waals surface area contributed by atoms with Crippen molar-refractivity contribution in [1.82, 2.24) is 9.62 Å². The van der Waals surface area contributed by atoms with E-state index in [-0.39, 0.29) is 51.2 Å². The van der Waals surface area contributed by atoms with Crippen LogP contribution >= 0.6 is 22.9 Å². The molecule has 5 rings (SSSR count). The van der Waals surface area contributed by atoms with Crippen molar-refractivity contribution in [1.29, 1.82) is 0 Å². The minimum atomic E-state index is -4.33. The van der Waals surface area contributed by atoms with Gasteiger partial charge in [-0.05, 0) is 35.9 Å². The number of sulfonamides is 2. The summed E-state index contributed by atoms with van der Waals surface area (Å²) in [5.74, 6) is -3.77. The van der Waals surface area contributed by atoms with Crippen molar-refractivity contribution in [3.05, 3.63) is 45.5 Å². The summed E-state index contributed by atoms with van der Waals surface area (Å²) >= 11 is 6.92. The zero-order chi connectivity index (χ0) is 26.7. The molecule has 198 valence electrons. The van der Waals surface area contributed by atoms with Gasteiger partial charge in [-0.25, -0.2) is 17.5 Å². The first-order valence-electron chi connectivity index (χ1n) is 11.3. The molecular weight excluding hydrogens is 567 g/mol. The number of hydrogen-bond donors (Lipinski definition) is 2. The minimum Gasteiger partial charge on any atom is -0.334 e. The number of halogens is 2. The lowest BCUT2D eigenvalue weighted by Crippen LogP contribution is -2.58. The maximum absolute atomic E-state index is 13.7. The molecule has 1 aliphatic carbocycles. The number of hydrogen-bond acceptors (Lipinski definition) is 8. The zero-order valence-electron chi connectivity index (χ0n) is 19.4. The Balaban J connectivity index is 1.48. The maximum Gasteiger partial charge on any atom is 0.287 e. The molecule has 1 aromatic carbocycles. The number of fused-ring (bicyclic) bond motifs is 2. The van der Waals surface area contributed by atoms with Crippen LogP contribution in [-0.2, 0) is 42.7 Å². The van der Waals surface area contributed by atoms with Crippen molar-refractivity contribution in [2.75, 3.05) is 11.6 Å². The van der Waals surface area contributed by atoms with E-state index in [1.54, 1.807) is 0 Å². The van der Waals surface area contributed by atoms with Gasteiger partial charge in [-0.15, -0.1) is 15.7 Å². The molecule has 0 bridgehead atoms. The van der Waals surface area contributed by atoms with Crippen LogP contribution in [0.1, 0.15) is 30.4 Å². The van der Waals surface area contributed by atoms with Gasteiger partial charge < -0.3 is 10.2 Å². The van der Waals surface area contributed by atoms with Gasteiger partial charge >= 0.3 is 0 Å². The summed E-state index contributed by atoms with van der Waals surface area (Å²) in [6.45, 7) is -0.176. The zero-order valence-corrected chi connectivity index (χ0v) is 22.6. The summed E-state index contributed by atoms with van der Waals surface area (Å²) in [5.41, 5.74) is 0.779. The Hall–Kier alpha value is -2.39. The normalized spacial score (nSPS) is 24.9. The molecule has 1 amide bonds. The highest BCUT2D eigenvalue weighted by atomic mass is 35.5. The number of likely N-dealkylation sites (tertiary alicyclic amines) is 1. The monoisotopic (exact) mass is 588 g/mol. The van der Waals surface area contributed by atoms with Crippen LogP contribution < -0.4 is 10.0 Å². The Labute approximate surface area is 222 Å². The molecule has 1 saturated carbocycles. The Morgan fingerprint density at radius 2 is 2.05 bits per heavy atom. The topological polar surface area (TPSA) is 142 Å². The Kier molecular flexibility index (Phi) is 6.67. The van der Waals surface area contributed by atoms with E-state index in [9.17, 15) is 30.8 Å². The van der Waals surface area contributed by atoms with E-state index in [1.807, 2.05) is 0 Å². The quantitative estimate of drug-likeness (QED) is 0.494. The third-order valence-electron chi connectivity index (χ3n) is 6.73. The number of carbonyl (C=O) groups excluding carboxylic acids is 2.